The van der Waals surface area contributed by atoms with Gasteiger partial charge in [0, 0.05) is 54.7 Å². The topological polar surface area (TPSA) is 71.5 Å². The quantitative estimate of drug-likeness (QED) is 0.779. The van der Waals surface area contributed by atoms with Crippen LogP contribution in [0, 0.1) is 0 Å². The number of nitrogens with zero attached hydrogens (tertiary/aromatic N) is 2. The van der Waals surface area contributed by atoms with E-state index in [0.29, 0.717) is 54.9 Å². The maximum Gasteiger partial charge on any atom is 0.222 e. The number of hydrogen-bond acceptors (Lipinski definition) is 4. The number of hydrogen-bond donors (Lipinski definition) is 1. The van der Waals surface area contributed by atoms with Crippen molar-refractivity contribution < 1.29 is 14.3 Å². The molecule has 152 valence electrons. The maximum atomic E-state index is 12.4. The Bertz CT molecular complexity index is 912. The number of aromatic nitrogens is 1. The number of benzene rings is 1. The number of ether oxygens (including phenoxy) is 1. The zero-order chi connectivity index (χ0) is 20.4. The van der Waals surface area contributed by atoms with Crippen molar-refractivity contribution in [2.24, 2.45) is 0 Å². The Morgan fingerprint density at radius 2 is 2.17 bits per heavy atom. The van der Waals surface area contributed by atoms with Gasteiger partial charge in [-0.15, -0.1) is 0 Å². The lowest BCUT2D eigenvalue weighted by Gasteiger charge is -2.40. The van der Waals surface area contributed by atoms with Gasteiger partial charge in [-0.3, -0.25) is 9.59 Å². The lowest BCUT2D eigenvalue weighted by molar-refractivity contribution is -0.136. The van der Waals surface area contributed by atoms with Gasteiger partial charge in [-0.1, -0.05) is 23.7 Å². The molecule has 1 aromatic heterocycles. The average molecular weight is 414 g/mol. The van der Waals surface area contributed by atoms with Crippen molar-refractivity contribution in [2.45, 2.75) is 44.1 Å². The van der Waals surface area contributed by atoms with Gasteiger partial charge in [0.2, 0.25) is 17.7 Å². The van der Waals surface area contributed by atoms with Crippen LogP contribution in [0.1, 0.15) is 44.1 Å². The Labute approximate surface area is 175 Å². The molecule has 0 spiro atoms. The van der Waals surface area contributed by atoms with E-state index in [-0.39, 0.29) is 17.4 Å². The number of nitrogens with one attached hydrogen (secondary N) is 1. The summed E-state index contributed by atoms with van der Waals surface area (Å²) in [6, 6.07) is 11.0. The number of pyridine rings is 1. The van der Waals surface area contributed by atoms with Gasteiger partial charge in [0.15, 0.2) is 0 Å². The molecular formula is C22H24ClN3O3. The molecule has 2 fully saturated rings. The van der Waals surface area contributed by atoms with E-state index in [1.54, 1.807) is 12.1 Å². The number of amides is 2. The van der Waals surface area contributed by atoms with Crippen LogP contribution in [0.2, 0.25) is 5.02 Å². The summed E-state index contributed by atoms with van der Waals surface area (Å²) in [5, 5.41) is 3.60. The Balaban J connectivity index is 1.25. The average Bonchev–Trinajstić information content (AvgIpc) is 3.00. The summed E-state index contributed by atoms with van der Waals surface area (Å²) < 4.78 is 5.71. The molecule has 29 heavy (non-hydrogen) atoms. The highest BCUT2D eigenvalue weighted by molar-refractivity contribution is 6.30. The van der Waals surface area contributed by atoms with Gasteiger partial charge in [-0.2, -0.15) is 0 Å². The minimum absolute atomic E-state index is 0.0826. The Morgan fingerprint density at radius 3 is 2.83 bits per heavy atom. The maximum absolute atomic E-state index is 12.4. The zero-order valence-electron chi connectivity index (χ0n) is 16.4. The SMILES string of the molecule is CC1(CCC(=O)N2CC(c3ccc(Oc4cccc(Cl)c4)nc3)C2)CCC(=O)N1. The molecule has 1 atom stereocenters. The number of carbonyl (C=O) groups excluding carboxylic acids is 2. The van der Waals surface area contributed by atoms with Crippen molar-refractivity contribution in [3.05, 3.63) is 53.2 Å². The summed E-state index contributed by atoms with van der Waals surface area (Å²) in [6.07, 6.45) is 4.32. The third kappa shape index (κ3) is 4.70. The van der Waals surface area contributed by atoms with E-state index in [0.717, 1.165) is 12.0 Å². The fraction of sp³-hybridized carbons (Fsp3) is 0.409. The minimum Gasteiger partial charge on any atom is -0.439 e. The van der Waals surface area contributed by atoms with Crippen molar-refractivity contribution in [3.8, 4) is 11.6 Å². The first kappa shape index (κ1) is 19.7. The second-order valence-electron chi connectivity index (χ2n) is 8.09. The van der Waals surface area contributed by atoms with E-state index >= 15 is 0 Å². The summed E-state index contributed by atoms with van der Waals surface area (Å²) >= 11 is 5.97. The van der Waals surface area contributed by atoms with Crippen molar-refractivity contribution in [3.63, 3.8) is 0 Å². The summed E-state index contributed by atoms with van der Waals surface area (Å²) in [5.74, 6) is 1.69. The largest absolute Gasteiger partial charge is 0.439 e. The van der Waals surface area contributed by atoms with Crippen LogP contribution in [0.4, 0.5) is 0 Å². The van der Waals surface area contributed by atoms with Gasteiger partial charge >= 0.3 is 0 Å². The smallest absolute Gasteiger partial charge is 0.222 e. The molecule has 1 N–H and O–H groups in total. The van der Waals surface area contributed by atoms with Crippen LogP contribution in [0.15, 0.2) is 42.6 Å². The predicted octanol–water partition coefficient (Wildman–Crippen LogP) is 3.90. The summed E-state index contributed by atoms with van der Waals surface area (Å²) in [5.41, 5.74) is 0.863. The number of halogens is 1. The lowest BCUT2D eigenvalue weighted by atomic mass is 9.90. The first-order valence-electron chi connectivity index (χ1n) is 9.88. The molecule has 0 saturated carbocycles. The molecule has 6 nitrogen and oxygen atoms in total. The third-order valence-corrected chi connectivity index (χ3v) is 5.95. The van der Waals surface area contributed by atoms with Crippen molar-refractivity contribution in [1.29, 1.82) is 0 Å². The number of rotatable bonds is 6. The molecule has 2 aromatic rings. The molecule has 1 unspecified atom stereocenters. The fourth-order valence-corrected chi connectivity index (χ4v) is 4.00. The van der Waals surface area contributed by atoms with E-state index in [2.05, 4.69) is 10.3 Å². The third-order valence-electron chi connectivity index (χ3n) is 5.72. The van der Waals surface area contributed by atoms with Gasteiger partial charge in [0.1, 0.15) is 5.75 Å². The molecule has 0 aliphatic carbocycles. The standard InChI is InChI=1S/C22H24ClN3O3/c1-22(9-7-19(27)25-22)10-8-21(28)26-13-16(14-26)15-5-6-20(24-12-15)29-18-4-2-3-17(23)11-18/h2-6,11-12,16H,7-10,13-14H2,1H3,(H,25,27). The lowest BCUT2D eigenvalue weighted by Crippen LogP contribution is -2.49. The predicted molar refractivity (Wildman–Crippen MR) is 110 cm³/mol. The molecule has 4 rings (SSSR count). The van der Waals surface area contributed by atoms with Crippen molar-refractivity contribution >= 4 is 23.4 Å². The van der Waals surface area contributed by atoms with Gasteiger partial charge in [-0.05, 0) is 43.5 Å². The first-order chi connectivity index (χ1) is 13.9. The second kappa shape index (κ2) is 8.03. The highest BCUT2D eigenvalue weighted by Gasteiger charge is 2.36. The zero-order valence-corrected chi connectivity index (χ0v) is 17.1. The summed E-state index contributed by atoms with van der Waals surface area (Å²) in [7, 11) is 0. The van der Waals surface area contributed by atoms with Crippen LogP contribution < -0.4 is 10.1 Å². The molecule has 0 radical (unpaired) electrons. The van der Waals surface area contributed by atoms with Crippen LogP contribution in [0.25, 0.3) is 0 Å². The van der Waals surface area contributed by atoms with E-state index in [1.807, 2.05) is 42.3 Å². The van der Waals surface area contributed by atoms with E-state index in [4.69, 9.17) is 16.3 Å². The van der Waals surface area contributed by atoms with E-state index in [1.165, 1.54) is 0 Å². The molecule has 1 aromatic carbocycles. The van der Waals surface area contributed by atoms with Gasteiger partial charge in [0.25, 0.3) is 0 Å². The van der Waals surface area contributed by atoms with Crippen LogP contribution in [0.5, 0.6) is 11.6 Å². The van der Waals surface area contributed by atoms with Gasteiger partial charge < -0.3 is 15.0 Å². The van der Waals surface area contributed by atoms with Crippen molar-refractivity contribution in [2.75, 3.05) is 13.1 Å². The minimum atomic E-state index is -0.236. The van der Waals surface area contributed by atoms with Crippen molar-refractivity contribution in [1.82, 2.24) is 15.2 Å². The monoisotopic (exact) mass is 413 g/mol. The summed E-state index contributed by atoms with van der Waals surface area (Å²) in [4.78, 5) is 30.1. The highest BCUT2D eigenvalue weighted by atomic mass is 35.5. The molecule has 3 heterocycles. The van der Waals surface area contributed by atoms with E-state index in [9.17, 15) is 9.59 Å². The van der Waals surface area contributed by atoms with E-state index < -0.39 is 0 Å². The molecule has 7 heteroatoms. The molecule has 2 saturated heterocycles. The fourth-order valence-electron chi connectivity index (χ4n) is 3.82. The molecule has 2 amide bonds. The molecule has 0 bridgehead atoms. The van der Waals surface area contributed by atoms with Gasteiger partial charge in [-0.25, -0.2) is 4.98 Å². The molecule has 2 aliphatic heterocycles. The normalized spacial score (nSPS) is 21.6. The molecule has 2 aliphatic rings. The summed E-state index contributed by atoms with van der Waals surface area (Å²) in [6.45, 7) is 3.43. The van der Waals surface area contributed by atoms with Crippen LogP contribution >= 0.6 is 11.6 Å². The van der Waals surface area contributed by atoms with Crippen LogP contribution in [0.3, 0.4) is 0 Å². The van der Waals surface area contributed by atoms with Crippen LogP contribution in [-0.4, -0.2) is 40.3 Å². The Kier molecular flexibility index (Phi) is 5.46. The molecular weight excluding hydrogens is 390 g/mol. The number of carbonyl (C=O) groups is 2. The first-order valence-corrected chi connectivity index (χ1v) is 10.3. The number of likely N-dealkylation sites (tertiary alicyclic amines) is 1. The van der Waals surface area contributed by atoms with Crippen LogP contribution in [-0.2, 0) is 9.59 Å². The Hall–Kier alpha value is -2.60. The highest BCUT2D eigenvalue weighted by Crippen LogP contribution is 2.31. The van der Waals surface area contributed by atoms with Gasteiger partial charge in [0.05, 0.1) is 0 Å². The Morgan fingerprint density at radius 1 is 1.34 bits per heavy atom. The second-order valence-corrected chi connectivity index (χ2v) is 8.53.